The zero-order valence-electron chi connectivity index (χ0n) is 12.1. The SMILES string of the molecule is CCCCC(Cl)(Cl)c1ccccc1C(Cl)(Cl)CCCC. The van der Waals surface area contributed by atoms with Crippen LogP contribution in [0.1, 0.15) is 63.5 Å². The Morgan fingerprint density at radius 2 is 1.10 bits per heavy atom. The summed E-state index contributed by atoms with van der Waals surface area (Å²) in [5.74, 6) is 0. The molecule has 4 heteroatoms. The summed E-state index contributed by atoms with van der Waals surface area (Å²) in [6, 6.07) is 7.70. The fourth-order valence-corrected chi connectivity index (χ4v) is 3.38. The van der Waals surface area contributed by atoms with E-state index in [4.69, 9.17) is 46.4 Å². The Hall–Kier alpha value is 0.380. The van der Waals surface area contributed by atoms with Crippen molar-refractivity contribution in [1.82, 2.24) is 0 Å². The third-order valence-electron chi connectivity index (χ3n) is 3.40. The van der Waals surface area contributed by atoms with Crippen molar-refractivity contribution in [2.24, 2.45) is 0 Å². The quantitative estimate of drug-likeness (QED) is 0.428. The zero-order chi connectivity index (χ0) is 15.2. The Morgan fingerprint density at radius 3 is 1.40 bits per heavy atom. The van der Waals surface area contributed by atoms with Crippen LogP contribution >= 0.6 is 46.4 Å². The van der Waals surface area contributed by atoms with Gasteiger partial charge >= 0.3 is 0 Å². The number of rotatable bonds is 8. The molecule has 0 radical (unpaired) electrons. The van der Waals surface area contributed by atoms with Crippen LogP contribution in [0.5, 0.6) is 0 Å². The maximum atomic E-state index is 6.53. The summed E-state index contributed by atoms with van der Waals surface area (Å²) in [6.45, 7) is 4.23. The lowest BCUT2D eigenvalue weighted by Gasteiger charge is -2.29. The minimum Gasteiger partial charge on any atom is -0.0963 e. The summed E-state index contributed by atoms with van der Waals surface area (Å²) in [4.78, 5) is 0. The fraction of sp³-hybridized carbons (Fsp3) is 0.625. The van der Waals surface area contributed by atoms with Crippen LogP contribution in [0.2, 0.25) is 0 Å². The molecule has 0 fully saturated rings. The smallest absolute Gasteiger partial charge is 0.0963 e. The van der Waals surface area contributed by atoms with Gasteiger partial charge in [-0.3, -0.25) is 0 Å². The third kappa shape index (κ3) is 4.98. The van der Waals surface area contributed by atoms with Crippen LogP contribution in [0.25, 0.3) is 0 Å². The van der Waals surface area contributed by atoms with Crippen LogP contribution < -0.4 is 0 Å². The predicted octanol–water partition coefficient (Wildman–Crippen LogP) is 7.33. The van der Waals surface area contributed by atoms with Gasteiger partial charge in [-0.25, -0.2) is 0 Å². The van der Waals surface area contributed by atoms with E-state index in [0.717, 1.165) is 36.8 Å². The third-order valence-corrected chi connectivity index (χ3v) is 4.97. The van der Waals surface area contributed by atoms with Gasteiger partial charge in [0, 0.05) is 0 Å². The van der Waals surface area contributed by atoms with Crippen LogP contribution in [-0.2, 0) is 8.67 Å². The summed E-state index contributed by atoms with van der Waals surface area (Å²) in [6.07, 6.45) is 5.42. The van der Waals surface area contributed by atoms with Crippen molar-refractivity contribution in [3.8, 4) is 0 Å². The van der Waals surface area contributed by atoms with Gasteiger partial charge in [0.05, 0.1) is 0 Å². The second kappa shape index (κ2) is 8.13. The van der Waals surface area contributed by atoms with E-state index in [9.17, 15) is 0 Å². The molecule has 0 aliphatic heterocycles. The molecule has 114 valence electrons. The van der Waals surface area contributed by atoms with Crippen molar-refractivity contribution in [3.05, 3.63) is 35.4 Å². The highest BCUT2D eigenvalue weighted by Gasteiger charge is 2.35. The summed E-state index contributed by atoms with van der Waals surface area (Å²) in [5.41, 5.74) is 1.66. The Kier molecular flexibility index (Phi) is 7.49. The first-order valence-electron chi connectivity index (χ1n) is 7.20. The first-order valence-corrected chi connectivity index (χ1v) is 8.72. The van der Waals surface area contributed by atoms with E-state index in [1.807, 2.05) is 24.3 Å². The lowest BCUT2D eigenvalue weighted by molar-refractivity contribution is 0.628. The highest BCUT2D eigenvalue weighted by atomic mass is 35.5. The van der Waals surface area contributed by atoms with Crippen molar-refractivity contribution in [1.29, 1.82) is 0 Å². The van der Waals surface area contributed by atoms with Gasteiger partial charge in [-0.05, 0) is 24.0 Å². The maximum Gasteiger partial charge on any atom is 0.143 e. The average Bonchev–Trinajstić information content (AvgIpc) is 2.43. The second-order valence-electron chi connectivity index (χ2n) is 5.16. The number of benzene rings is 1. The molecule has 1 rings (SSSR count). The van der Waals surface area contributed by atoms with Crippen LogP contribution in [0.3, 0.4) is 0 Å². The maximum absolute atomic E-state index is 6.53. The lowest BCUT2D eigenvalue weighted by Crippen LogP contribution is -2.20. The first-order chi connectivity index (χ1) is 9.35. The average molecular weight is 356 g/mol. The minimum atomic E-state index is -0.937. The number of alkyl halides is 4. The fourth-order valence-electron chi connectivity index (χ4n) is 2.19. The van der Waals surface area contributed by atoms with Gasteiger partial charge in [0.25, 0.3) is 0 Å². The van der Waals surface area contributed by atoms with Gasteiger partial charge in [0.2, 0.25) is 0 Å². The Balaban J connectivity index is 3.09. The van der Waals surface area contributed by atoms with Gasteiger partial charge < -0.3 is 0 Å². The van der Waals surface area contributed by atoms with Crippen LogP contribution in [0, 0.1) is 0 Å². The van der Waals surface area contributed by atoms with Crippen LogP contribution in [0.4, 0.5) is 0 Å². The molecule has 0 nitrogen and oxygen atoms in total. The predicted molar refractivity (Wildman–Crippen MR) is 92.3 cm³/mol. The summed E-state index contributed by atoms with van der Waals surface area (Å²) in [5, 5.41) is 0. The second-order valence-corrected chi connectivity index (χ2v) is 8.13. The number of halogens is 4. The molecular weight excluding hydrogens is 334 g/mol. The molecule has 0 amide bonds. The van der Waals surface area contributed by atoms with E-state index < -0.39 is 8.67 Å². The van der Waals surface area contributed by atoms with E-state index in [1.165, 1.54) is 0 Å². The van der Waals surface area contributed by atoms with Gasteiger partial charge in [0.1, 0.15) is 8.67 Å². The highest BCUT2D eigenvalue weighted by molar-refractivity contribution is 6.50. The van der Waals surface area contributed by atoms with E-state index >= 15 is 0 Å². The first kappa shape index (κ1) is 18.4. The van der Waals surface area contributed by atoms with Gasteiger partial charge in [0.15, 0.2) is 0 Å². The molecule has 20 heavy (non-hydrogen) atoms. The van der Waals surface area contributed by atoms with Crippen molar-refractivity contribution in [2.45, 2.75) is 61.0 Å². The molecule has 0 atom stereocenters. The van der Waals surface area contributed by atoms with Gasteiger partial charge in [-0.1, -0.05) is 110 Å². The summed E-state index contributed by atoms with van der Waals surface area (Å²) < 4.78 is -1.87. The van der Waals surface area contributed by atoms with E-state index in [0.29, 0.717) is 12.8 Å². The summed E-state index contributed by atoms with van der Waals surface area (Å²) >= 11 is 26.1. The zero-order valence-corrected chi connectivity index (χ0v) is 15.1. The normalized spacial score (nSPS) is 12.7. The molecule has 0 aliphatic rings. The molecule has 0 saturated heterocycles. The molecule has 1 aromatic carbocycles. The highest BCUT2D eigenvalue weighted by Crippen LogP contribution is 2.48. The number of hydrogen-bond acceptors (Lipinski definition) is 0. The minimum absolute atomic E-state index is 0.696. The number of unbranched alkanes of at least 4 members (excludes halogenated alkanes) is 2. The molecule has 0 aliphatic carbocycles. The van der Waals surface area contributed by atoms with Crippen LogP contribution in [-0.4, -0.2) is 0 Å². The molecule has 0 saturated carbocycles. The molecule has 0 unspecified atom stereocenters. The molecule has 0 aromatic heterocycles. The van der Waals surface area contributed by atoms with E-state index in [-0.39, 0.29) is 0 Å². The molecular formula is C16H22Cl4. The van der Waals surface area contributed by atoms with Crippen molar-refractivity contribution < 1.29 is 0 Å². The Bertz CT molecular complexity index is 374. The topological polar surface area (TPSA) is 0 Å². The van der Waals surface area contributed by atoms with Gasteiger partial charge in [-0.2, -0.15) is 0 Å². The van der Waals surface area contributed by atoms with E-state index in [2.05, 4.69) is 13.8 Å². The van der Waals surface area contributed by atoms with Crippen LogP contribution in [0.15, 0.2) is 24.3 Å². The van der Waals surface area contributed by atoms with Crippen molar-refractivity contribution in [2.75, 3.05) is 0 Å². The van der Waals surface area contributed by atoms with Gasteiger partial charge in [-0.15, -0.1) is 0 Å². The molecule has 0 bridgehead atoms. The number of hydrogen-bond donors (Lipinski definition) is 0. The molecule has 0 spiro atoms. The molecule has 0 N–H and O–H groups in total. The van der Waals surface area contributed by atoms with Crippen molar-refractivity contribution >= 4 is 46.4 Å². The Morgan fingerprint density at radius 1 is 0.750 bits per heavy atom. The Labute approximate surface area is 142 Å². The molecule has 1 aromatic rings. The molecule has 0 heterocycles. The largest absolute Gasteiger partial charge is 0.143 e. The van der Waals surface area contributed by atoms with Crippen molar-refractivity contribution in [3.63, 3.8) is 0 Å². The summed E-state index contributed by atoms with van der Waals surface area (Å²) in [7, 11) is 0. The standard InChI is InChI=1S/C16H22Cl4/c1-3-5-11-15(17,18)13-9-7-8-10-14(13)16(19,20)12-6-4-2/h7-10H,3-6,11-12H2,1-2H3. The van der Waals surface area contributed by atoms with E-state index in [1.54, 1.807) is 0 Å². The monoisotopic (exact) mass is 354 g/mol. The lowest BCUT2D eigenvalue weighted by atomic mass is 9.95.